The Morgan fingerprint density at radius 3 is 2.27 bits per heavy atom. The van der Waals surface area contributed by atoms with Crippen molar-refractivity contribution >= 4 is 0 Å². The molecule has 0 spiro atoms. The highest BCUT2D eigenvalue weighted by Crippen LogP contribution is 2.33. The van der Waals surface area contributed by atoms with Crippen molar-refractivity contribution in [3.05, 3.63) is 65.7 Å². The first-order chi connectivity index (χ1) is 12.8. The summed E-state index contributed by atoms with van der Waals surface area (Å²) < 4.78 is 5.67. The van der Waals surface area contributed by atoms with Crippen molar-refractivity contribution in [1.29, 1.82) is 0 Å². The number of piperidine rings is 1. The van der Waals surface area contributed by atoms with Gasteiger partial charge in [-0.15, -0.1) is 0 Å². The molecule has 0 radical (unpaired) electrons. The average molecular weight is 354 g/mol. The maximum atomic E-state index is 11.2. The minimum atomic E-state index is -0.514. The maximum absolute atomic E-state index is 11.2. The minimum absolute atomic E-state index is 0.0803. The maximum Gasteiger partial charge on any atom is 0.119 e. The predicted octanol–water partition coefficient (Wildman–Crippen LogP) is 4.78. The van der Waals surface area contributed by atoms with Crippen molar-refractivity contribution in [2.75, 3.05) is 26.2 Å². The molecule has 140 valence electrons. The van der Waals surface area contributed by atoms with E-state index in [4.69, 9.17) is 4.74 Å². The summed E-state index contributed by atoms with van der Waals surface area (Å²) in [6.45, 7) is 6.01. The van der Waals surface area contributed by atoms with Crippen LogP contribution in [0.1, 0.15) is 55.8 Å². The molecule has 0 aliphatic carbocycles. The molecular formula is C23H31NO2. The lowest BCUT2D eigenvalue weighted by molar-refractivity contribution is 0.109. The number of benzene rings is 2. The first-order valence-electron chi connectivity index (χ1n) is 9.96. The average Bonchev–Trinajstić information content (AvgIpc) is 2.72. The van der Waals surface area contributed by atoms with E-state index in [1.165, 1.54) is 24.8 Å². The monoisotopic (exact) mass is 353 g/mol. The summed E-state index contributed by atoms with van der Waals surface area (Å²) in [4.78, 5) is 2.50. The third kappa shape index (κ3) is 5.09. The first-order valence-corrected chi connectivity index (χ1v) is 9.96. The molecule has 0 saturated carbocycles. The molecule has 2 aromatic rings. The highest BCUT2D eigenvalue weighted by atomic mass is 16.5. The van der Waals surface area contributed by atoms with Crippen LogP contribution >= 0.6 is 0 Å². The van der Waals surface area contributed by atoms with Gasteiger partial charge in [-0.3, -0.25) is 0 Å². The molecule has 1 heterocycles. The summed E-state index contributed by atoms with van der Waals surface area (Å²) in [5, 5.41) is 11.2. The van der Waals surface area contributed by atoms with Crippen molar-refractivity contribution in [2.45, 2.75) is 44.6 Å². The Morgan fingerprint density at radius 2 is 1.62 bits per heavy atom. The molecule has 2 atom stereocenters. The van der Waals surface area contributed by atoms with Gasteiger partial charge in [-0.2, -0.15) is 0 Å². The smallest absolute Gasteiger partial charge is 0.119 e. The van der Waals surface area contributed by atoms with E-state index in [-0.39, 0.29) is 5.92 Å². The summed E-state index contributed by atoms with van der Waals surface area (Å²) >= 11 is 0. The molecule has 1 N–H and O–H groups in total. The van der Waals surface area contributed by atoms with E-state index in [0.29, 0.717) is 0 Å². The van der Waals surface area contributed by atoms with E-state index in [1.807, 2.05) is 30.3 Å². The number of ether oxygens (including phenoxy) is 1. The largest absolute Gasteiger partial charge is 0.494 e. The highest BCUT2D eigenvalue weighted by molar-refractivity contribution is 5.32. The predicted molar refractivity (Wildman–Crippen MR) is 107 cm³/mol. The van der Waals surface area contributed by atoms with Crippen molar-refractivity contribution in [2.24, 2.45) is 0 Å². The minimum Gasteiger partial charge on any atom is -0.494 e. The molecule has 1 aliphatic rings. The summed E-state index contributed by atoms with van der Waals surface area (Å²) in [6.07, 6.45) is 4.34. The Labute approximate surface area is 157 Å². The molecule has 2 aromatic carbocycles. The molecule has 1 saturated heterocycles. The molecule has 1 aliphatic heterocycles. The van der Waals surface area contributed by atoms with Crippen LogP contribution in [0.4, 0.5) is 0 Å². The number of aliphatic hydroxyl groups is 1. The fourth-order valence-corrected chi connectivity index (χ4v) is 3.72. The standard InChI is InChI=1S/C23H31NO2/c1-2-17-26-21-13-11-20(12-14-21)23(25)22(19-9-5-3-6-10-19)18-24-15-7-4-8-16-24/h3,5-6,9-14,22-23,25H,2,4,7-8,15-18H2,1H3/t22-,23-/m1/s1. The Bertz CT molecular complexity index is 635. The number of hydrogen-bond donors (Lipinski definition) is 1. The van der Waals surface area contributed by atoms with Crippen molar-refractivity contribution in [3.63, 3.8) is 0 Å². The van der Waals surface area contributed by atoms with Crippen LogP contribution in [0.25, 0.3) is 0 Å². The number of likely N-dealkylation sites (tertiary alicyclic amines) is 1. The van der Waals surface area contributed by atoms with Gasteiger partial charge in [0.05, 0.1) is 12.7 Å². The molecular weight excluding hydrogens is 322 g/mol. The molecule has 3 nitrogen and oxygen atoms in total. The van der Waals surface area contributed by atoms with Gasteiger partial charge in [-0.05, 0) is 55.6 Å². The van der Waals surface area contributed by atoms with Crippen molar-refractivity contribution in [1.82, 2.24) is 4.90 Å². The molecule has 0 amide bonds. The molecule has 0 unspecified atom stereocenters. The number of rotatable bonds is 8. The second-order valence-corrected chi connectivity index (χ2v) is 7.24. The fourth-order valence-electron chi connectivity index (χ4n) is 3.72. The Morgan fingerprint density at radius 1 is 0.923 bits per heavy atom. The Hall–Kier alpha value is -1.84. The highest BCUT2D eigenvalue weighted by Gasteiger charge is 2.26. The van der Waals surface area contributed by atoms with Gasteiger partial charge in [0, 0.05) is 12.5 Å². The topological polar surface area (TPSA) is 32.7 Å². The lowest BCUT2D eigenvalue weighted by Gasteiger charge is -2.33. The third-order valence-corrected chi connectivity index (χ3v) is 5.21. The van der Waals surface area contributed by atoms with Gasteiger partial charge in [0.15, 0.2) is 0 Å². The van der Waals surface area contributed by atoms with Gasteiger partial charge in [-0.25, -0.2) is 0 Å². The molecule has 1 fully saturated rings. The molecule has 3 rings (SSSR count). The Balaban J connectivity index is 1.76. The lowest BCUT2D eigenvalue weighted by atomic mass is 9.88. The molecule has 3 heteroatoms. The van der Waals surface area contributed by atoms with Gasteiger partial charge >= 0.3 is 0 Å². The van der Waals surface area contributed by atoms with Crippen LogP contribution < -0.4 is 4.74 Å². The van der Waals surface area contributed by atoms with Gasteiger partial charge in [-0.1, -0.05) is 55.8 Å². The quantitative estimate of drug-likeness (QED) is 0.741. The summed E-state index contributed by atoms with van der Waals surface area (Å²) in [6, 6.07) is 18.4. The lowest BCUT2D eigenvalue weighted by Crippen LogP contribution is -2.35. The summed E-state index contributed by atoms with van der Waals surface area (Å²) in [5.74, 6) is 0.951. The van der Waals surface area contributed by atoms with E-state index in [1.54, 1.807) is 0 Å². The van der Waals surface area contributed by atoms with Crippen LogP contribution in [0.5, 0.6) is 5.75 Å². The number of hydrogen-bond acceptors (Lipinski definition) is 3. The normalized spacial score (nSPS) is 17.6. The van der Waals surface area contributed by atoms with E-state index >= 15 is 0 Å². The van der Waals surface area contributed by atoms with Gasteiger partial charge in [0.25, 0.3) is 0 Å². The second-order valence-electron chi connectivity index (χ2n) is 7.24. The van der Waals surface area contributed by atoms with E-state index < -0.39 is 6.10 Å². The number of nitrogens with zero attached hydrogens (tertiary/aromatic N) is 1. The van der Waals surface area contributed by atoms with Gasteiger partial charge in [0.1, 0.15) is 5.75 Å². The van der Waals surface area contributed by atoms with Crippen LogP contribution in [0, 0.1) is 0 Å². The molecule has 0 aromatic heterocycles. The van der Waals surface area contributed by atoms with Crippen molar-refractivity contribution < 1.29 is 9.84 Å². The molecule has 0 bridgehead atoms. The van der Waals surface area contributed by atoms with Crippen LogP contribution in [0.3, 0.4) is 0 Å². The summed E-state index contributed by atoms with van der Waals surface area (Å²) in [7, 11) is 0. The van der Waals surface area contributed by atoms with Crippen LogP contribution in [0.2, 0.25) is 0 Å². The van der Waals surface area contributed by atoms with E-state index in [0.717, 1.165) is 44.0 Å². The zero-order valence-corrected chi connectivity index (χ0v) is 15.8. The van der Waals surface area contributed by atoms with Crippen LogP contribution in [-0.4, -0.2) is 36.2 Å². The SMILES string of the molecule is CCCOc1ccc([C@@H](O)[C@H](CN2CCCCC2)c2ccccc2)cc1. The van der Waals surface area contributed by atoms with Gasteiger partial charge in [0.2, 0.25) is 0 Å². The fraction of sp³-hybridized carbons (Fsp3) is 0.478. The first kappa shape index (κ1) is 18.9. The zero-order chi connectivity index (χ0) is 18.2. The third-order valence-electron chi connectivity index (χ3n) is 5.21. The van der Waals surface area contributed by atoms with E-state index in [9.17, 15) is 5.11 Å². The van der Waals surface area contributed by atoms with Crippen LogP contribution in [0.15, 0.2) is 54.6 Å². The zero-order valence-electron chi connectivity index (χ0n) is 15.8. The second kappa shape index (κ2) is 9.75. The van der Waals surface area contributed by atoms with Gasteiger partial charge < -0.3 is 14.7 Å². The molecule has 26 heavy (non-hydrogen) atoms. The summed E-state index contributed by atoms with van der Waals surface area (Å²) in [5.41, 5.74) is 2.16. The Kier molecular flexibility index (Phi) is 7.10. The van der Waals surface area contributed by atoms with E-state index in [2.05, 4.69) is 36.1 Å². The van der Waals surface area contributed by atoms with Crippen LogP contribution in [-0.2, 0) is 0 Å². The van der Waals surface area contributed by atoms with Crippen molar-refractivity contribution in [3.8, 4) is 5.75 Å². The number of aliphatic hydroxyl groups excluding tert-OH is 1.